The number of hydrogen-bond acceptors (Lipinski definition) is 5. The number of guanidine groups is 1. The highest BCUT2D eigenvalue weighted by Gasteiger charge is 2.30. The molecule has 7 nitrogen and oxygen atoms in total. The minimum Gasteiger partial charge on any atom is -0.476 e. The molecule has 2 N–H and O–H groups in total. The van der Waals surface area contributed by atoms with Gasteiger partial charge in [-0.15, -0.1) is 0 Å². The molecule has 28 heavy (non-hydrogen) atoms. The van der Waals surface area contributed by atoms with E-state index in [-0.39, 0.29) is 18.6 Å². The molecule has 0 radical (unpaired) electrons. The zero-order valence-corrected chi connectivity index (χ0v) is 15.9. The molecule has 0 aromatic carbocycles. The standard InChI is InChI=1S/C18H27F3N4O3/c1-22-17(23-7-3-9-26-13-15-4-2-10-27-15)24-8-11-28-16-6-5-14(12-25-16)18(19,20)21/h5-6,12,15H,2-4,7-11,13H2,1H3,(H2,22,23,24). The summed E-state index contributed by atoms with van der Waals surface area (Å²) >= 11 is 0. The Morgan fingerprint density at radius 1 is 1.29 bits per heavy atom. The summed E-state index contributed by atoms with van der Waals surface area (Å²) in [6.45, 7) is 3.49. The van der Waals surface area contributed by atoms with Crippen LogP contribution in [0.25, 0.3) is 0 Å². The van der Waals surface area contributed by atoms with E-state index in [1.807, 2.05) is 0 Å². The first kappa shape index (κ1) is 22.2. The van der Waals surface area contributed by atoms with Crippen molar-refractivity contribution in [3.05, 3.63) is 23.9 Å². The number of nitrogens with one attached hydrogen (secondary N) is 2. The second kappa shape index (κ2) is 11.7. The number of aromatic nitrogens is 1. The third kappa shape index (κ3) is 8.30. The SMILES string of the molecule is CN=C(NCCCOCC1CCCO1)NCCOc1ccc(C(F)(F)F)cn1. The predicted octanol–water partition coefficient (Wildman–Crippen LogP) is 2.23. The minimum absolute atomic E-state index is 0.140. The quantitative estimate of drug-likeness (QED) is 0.354. The van der Waals surface area contributed by atoms with Crippen molar-refractivity contribution in [1.29, 1.82) is 0 Å². The Labute approximate surface area is 162 Å². The molecule has 2 heterocycles. The number of hydrogen-bond donors (Lipinski definition) is 2. The van der Waals surface area contributed by atoms with Gasteiger partial charge in [0.1, 0.15) is 6.61 Å². The lowest BCUT2D eigenvalue weighted by Gasteiger charge is -2.13. The van der Waals surface area contributed by atoms with Gasteiger partial charge < -0.3 is 24.8 Å². The van der Waals surface area contributed by atoms with Crippen molar-refractivity contribution in [1.82, 2.24) is 15.6 Å². The van der Waals surface area contributed by atoms with E-state index in [0.717, 1.165) is 38.1 Å². The van der Waals surface area contributed by atoms with Crippen molar-refractivity contribution in [2.24, 2.45) is 4.99 Å². The first-order chi connectivity index (χ1) is 13.5. The van der Waals surface area contributed by atoms with Gasteiger partial charge in [0.2, 0.25) is 5.88 Å². The van der Waals surface area contributed by atoms with Crippen molar-refractivity contribution >= 4 is 5.96 Å². The van der Waals surface area contributed by atoms with Gasteiger partial charge in [0.15, 0.2) is 5.96 Å². The number of nitrogens with zero attached hydrogens (tertiary/aromatic N) is 2. The molecule has 1 aliphatic rings. The fraction of sp³-hybridized carbons (Fsp3) is 0.667. The second-order valence-electron chi connectivity index (χ2n) is 6.22. The molecular weight excluding hydrogens is 377 g/mol. The van der Waals surface area contributed by atoms with Crippen LogP contribution in [0.15, 0.2) is 23.3 Å². The molecular formula is C18H27F3N4O3. The Balaban J connectivity index is 1.52. The number of rotatable bonds is 10. The van der Waals surface area contributed by atoms with Crippen LogP contribution in [0.1, 0.15) is 24.8 Å². The number of pyridine rings is 1. The van der Waals surface area contributed by atoms with E-state index in [0.29, 0.717) is 32.3 Å². The van der Waals surface area contributed by atoms with Crippen molar-refractivity contribution in [3.8, 4) is 5.88 Å². The number of alkyl halides is 3. The van der Waals surface area contributed by atoms with E-state index in [4.69, 9.17) is 14.2 Å². The Hall–Kier alpha value is -2.07. The molecule has 1 aromatic rings. The summed E-state index contributed by atoms with van der Waals surface area (Å²) in [5.41, 5.74) is -0.803. The summed E-state index contributed by atoms with van der Waals surface area (Å²) in [6.07, 6.45) is -0.402. The summed E-state index contributed by atoms with van der Waals surface area (Å²) in [5, 5.41) is 6.21. The van der Waals surface area contributed by atoms with Crippen LogP contribution in [-0.2, 0) is 15.7 Å². The molecule has 0 bridgehead atoms. The third-order valence-electron chi connectivity index (χ3n) is 4.02. The van der Waals surface area contributed by atoms with E-state index >= 15 is 0 Å². The number of aliphatic imine (C=N–C) groups is 1. The van der Waals surface area contributed by atoms with Crippen LogP contribution in [0.2, 0.25) is 0 Å². The van der Waals surface area contributed by atoms with Gasteiger partial charge in [-0.05, 0) is 25.3 Å². The average molecular weight is 404 g/mol. The summed E-state index contributed by atoms with van der Waals surface area (Å²) in [7, 11) is 1.65. The van der Waals surface area contributed by atoms with E-state index < -0.39 is 11.7 Å². The van der Waals surface area contributed by atoms with Crippen LogP contribution in [0, 0.1) is 0 Å². The fourth-order valence-electron chi connectivity index (χ4n) is 2.55. The molecule has 0 saturated carbocycles. The summed E-state index contributed by atoms with van der Waals surface area (Å²) in [6, 6.07) is 2.14. The van der Waals surface area contributed by atoms with Gasteiger partial charge in [0.25, 0.3) is 0 Å². The highest BCUT2D eigenvalue weighted by Crippen LogP contribution is 2.29. The van der Waals surface area contributed by atoms with E-state index in [1.54, 1.807) is 7.05 Å². The van der Waals surface area contributed by atoms with E-state index in [9.17, 15) is 13.2 Å². The van der Waals surface area contributed by atoms with Gasteiger partial charge in [0.05, 0.1) is 24.8 Å². The lowest BCUT2D eigenvalue weighted by Crippen LogP contribution is -2.40. The summed E-state index contributed by atoms with van der Waals surface area (Å²) in [4.78, 5) is 7.74. The van der Waals surface area contributed by atoms with Crippen LogP contribution in [-0.4, -0.2) is 63.6 Å². The van der Waals surface area contributed by atoms with Gasteiger partial charge in [0, 0.05) is 39.1 Å². The van der Waals surface area contributed by atoms with Gasteiger partial charge >= 0.3 is 6.18 Å². The maximum atomic E-state index is 12.5. The van der Waals surface area contributed by atoms with Crippen LogP contribution < -0.4 is 15.4 Å². The Bertz CT molecular complexity index is 591. The molecule has 1 fully saturated rings. The lowest BCUT2D eigenvalue weighted by molar-refractivity contribution is -0.137. The average Bonchev–Trinajstić information content (AvgIpc) is 3.19. The van der Waals surface area contributed by atoms with Crippen molar-refractivity contribution in [3.63, 3.8) is 0 Å². The Morgan fingerprint density at radius 3 is 2.75 bits per heavy atom. The molecule has 10 heteroatoms. The van der Waals surface area contributed by atoms with Gasteiger partial charge in [-0.3, -0.25) is 4.99 Å². The molecule has 0 spiro atoms. The number of ether oxygens (including phenoxy) is 3. The normalized spacial score (nSPS) is 17.6. The van der Waals surface area contributed by atoms with Crippen molar-refractivity contribution in [2.75, 3.05) is 46.6 Å². The van der Waals surface area contributed by atoms with E-state index in [2.05, 4.69) is 20.6 Å². The van der Waals surface area contributed by atoms with Crippen LogP contribution >= 0.6 is 0 Å². The first-order valence-corrected chi connectivity index (χ1v) is 9.29. The monoisotopic (exact) mass is 404 g/mol. The van der Waals surface area contributed by atoms with Crippen LogP contribution in [0.5, 0.6) is 5.88 Å². The lowest BCUT2D eigenvalue weighted by atomic mass is 10.2. The zero-order valence-electron chi connectivity index (χ0n) is 15.9. The summed E-state index contributed by atoms with van der Waals surface area (Å²) in [5.74, 6) is 0.754. The maximum Gasteiger partial charge on any atom is 0.417 e. The van der Waals surface area contributed by atoms with Crippen molar-refractivity contribution < 1.29 is 27.4 Å². The molecule has 2 rings (SSSR count). The van der Waals surface area contributed by atoms with Gasteiger partial charge in [-0.25, -0.2) is 4.98 Å². The molecule has 1 unspecified atom stereocenters. The molecule has 0 aliphatic carbocycles. The fourth-order valence-corrected chi connectivity index (χ4v) is 2.55. The second-order valence-corrected chi connectivity index (χ2v) is 6.22. The molecule has 158 valence electrons. The molecule has 1 atom stereocenters. The highest BCUT2D eigenvalue weighted by molar-refractivity contribution is 5.79. The largest absolute Gasteiger partial charge is 0.476 e. The zero-order chi connectivity index (χ0) is 20.2. The molecule has 1 saturated heterocycles. The highest BCUT2D eigenvalue weighted by atomic mass is 19.4. The first-order valence-electron chi connectivity index (χ1n) is 9.29. The maximum absolute atomic E-state index is 12.5. The van der Waals surface area contributed by atoms with Crippen LogP contribution in [0.4, 0.5) is 13.2 Å². The third-order valence-corrected chi connectivity index (χ3v) is 4.02. The Kier molecular flexibility index (Phi) is 9.29. The van der Waals surface area contributed by atoms with Crippen molar-refractivity contribution in [2.45, 2.75) is 31.5 Å². The van der Waals surface area contributed by atoms with Crippen LogP contribution in [0.3, 0.4) is 0 Å². The topological polar surface area (TPSA) is 77.0 Å². The minimum atomic E-state index is -4.40. The smallest absolute Gasteiger partial charge is 0.417 e. The predicted molar refractivity (Wildman–Crippen MR) is 98.5 cm³/mol. The van der Waals surface area contributed by atoms with Gasteiger partial charge in [-0.1, -0.05) is 0 Å². The Morgan fingerprint density at radius 2 is 2.11 bits per heavy atom. The molecule has 0 amide bonds. The van der Waals surface area contributed by atoms with E-state index in [1.165, 1.54) is 6.07 Å². The molecule has 1 aromatic heterocycles. The molecule has 1 aliphatic heterocycles. The number of halogens is 3. The van der Waals surface area contributed by atoms with Gasteiger partial charge in [-0.2, -0.15) is 13.2 Å². The summed E-state index contributed by atoms with van der Waals surface area (Å²) < 4.78 is 53.8.